The summed E-state index contributed by atoms with van der Waals surface area (Å²) in [6, 6.07) is 23.1. The molecule has 0 bridgehead atoms. The number of carbonyl (C=O) groups is 3. The largest absolute Gasteiger partial charge is 0.390 e. The highest BCUT2D eigenvalue weighted by Gasteiger charge is 2.26. The molecule has 3 amide bonds. The van der Waals surface area contributed by atoms with Gasteiger partial charge in [0.2, 0.25) is 5.91 Å². The highest BCUT2D eigenvalue weighted by Crippen LogP contribution is 2.15. The van der Waals surface area contributed by atoms with Crippen LogP contribution in [-0.2, 0) is 17.6 Å². The third kappa shape index (κ3) is 11.2. The lowest BCUT2D eigenvalue weighted by molar-refractivity contribution is -0.126. The molecule has 3 aromatic rings. The standard InChI is InChI=1S/C37H46N4O4/c1-5-19-40(20-6-2)37(45)32-23-28(8-4)22-31(26-32)36(44)38-33(24-29-15-11-9-12-16-29)34(42)27-41(21-7-3)39-35(43)25-30-17-13-10-14-18-30/h4,9-18,22-23,26,33-34,42H,5-7,19-21,24-25,27H2,1-3H3,(H,38,44)(H,39,43). The molecule has 45 heavy (non-hydrogen) atoms. The minimum atomic E-state index is -1.03. The van der Waals surface area contributed by atoms with Crippen LogP contribution >= 0.6 is 0 Å². The van der Waals surface area contributed by atoms with Crippen LogP contribution in [0.5, 0.6) is 0 Å². The summed E-state index contributed by atoms with van der Waals surface area (Å²) in [6.07, 6.45) is 7.63. The lowest BCUT2D eigenvalue weighted by atomic mass is 9.99. The maximum absolute atomic E-state index is 13.7. The number of nitrogens with zero attached hydrogens (tertiary/aromatic N) is 2. The number of hydrazine groups is 1. The summed E-state index contributed by atoms with van der Waals surface area (Å²) < 4.78 is 0. The minimum Gasteiger partial charge on any atom is -0.390 e. The molecule has 8 nitrogen and oxygen atoms in total. The zero-order valence-corrected chi connectivity index (χ0v) is 26.7. The predicted molar refractivity (Wildman–Crippen MR) is 178 cm³/mol. The Morgan fingerprint density at radius 1 is 0.822 bits per heavy atom. The van der Waals surface area contributed by atoms with E-state index < -0.39 is 18.1 Å². The van der Waals surface area contributed by atoms with E-state index in [2.05, 4.69) is 16.7 Å². The third-order valence-corrected chi connectivity index (χ3v) is 7.35. The van der Waals surface area contributed by atoms with Gasteiger partial charge in [-0.25, -0.2) is 5.01 Å². The highest BCUT2D eigenvalue weighted by atomic mass is 16.3. The minimum absolute atomic E-state index is 0.100. The van der Waals surface area contributed by atoms with Crippen molar-refractivity contribution in [2.75, 3.05) is 26.2 Å². The van der Waals surface area contributed by atoms with E-state index >= 15 is 0 Å². The number of rotatable bonds is 17. The van der Waals surface area contributed by atoms with Crippen LogP contribution in [0.4, 0.5) is 0 Å². The summed E-state index contributed by atoms with van der Waals surface area (Å²) in [5.41, 5.74) is 5.77. The summed E-state index contributed by atoms with van der Waals surface area (Å²) in [5, 5.41) is 16.2. The van der Waals surface area contributed by atoms with E-state index in [0.29, 0.717) is 37.2 Å². The molecule has 3 N–H and O–H groups in total. The van der Waals surface area contributed by atoms with Gasteiger partial charge in [0.1, 0.15) is 0 Å². The van der Waals surface area contributed by atoms with Crippen LogP contribution in [0.15, 0.2) is 78.9 Å². The van der Waals surface area contributed by atoms with Crippen molar-refractivity contribution in [1.82, 2.24) is 20.7 Å². The van der Waals surface area contributed by atoms with Gasteiger partial charge in [-0.15, -0.1) is 6.42 Å². The van der Waals surface area contributed by atoms with E-state index in [1.54, 1.807) is 28.1 Å². The number of nitrogens with one attached hydrogen (secondary N) is 2. The second-order valence-corrected chi connectivity index (χ2v) is 11.2. The zero-order valence-electron chi connectivity index (χ0n) is 26.7. The van der Waals surface area contributed by atoms with Crippen LogP contribution in [0.1, 0.15) is 77.4 Å². The first-order chi connectivity index (χ1) is 21.8. The molecule has 238 valence electrons. The van der Waals surface area contributed by atoms with Gasteiger partial charge in [-0.3, -0.25) is 19.8 Å². The van der Waals surface area contributed by atoms with Crippen LogP contribution in [0.2, 0.25) is 0 Å². The molecule has 0 heterocycles. The summed E-state index contributed by atoms with van der Waals surface area (Å²) in [6.45, 7) is 7.86. The topological polar surface area (TPSA) is 102 Å². The lowest BCUT2D eigenvalue weighted by Gasteiger charge is -2.30. The van der Waals surface area contributed by atoms with E-state index in [1.165, 1.54) is 0 Å². The van der Waals surface area contributed by atoms with Crippen molar-refractivity contribution < 1.29 is 19.5 Å². The number of hydrogen-bond donors (Lipinski definition) is 3. The van der Waals surface area contributed by atoms with Crippen molar-refractivity contribution in [3.05, 3.63) is 107 Å². The molecule has 0 radical (unpaired) electrons. The van der Waals surface area contributed by atoms with Gasteiger partial charge in [-0.1, -0.05) is 87.4 Å². The van der Waals surface area contributed by atoms with Gasteiger partial charge in [-0.05, 0) is 55.0 Å². The number of terminal acetylenes is 1. The fraction of sp³-hybridized carbons (Fsp3) is 0.378. The molecule has 0 fully saturated rings. The quantitative estimate of drug-likeness (QED) is 0.153. The molecule has 2 unspecified atom stereocenters. The monoisotopic (exact) mass is 610 g/mol. The van der Waals surface area contributed by atoms with E-state index in [1.807, 2.05) is 81.4 Å². The maximum Gasteiger partial charge on any atom is 0.253 e. The number of carbonyl (C=O) groups excluding carboxylic acids is 3. The number of amides is 3. The van der Waals surface area contributed by atoms with Crippen molar-refractivity contribution in [2.24, 2.45) is 0 Å². The van der Waals surface area contributed by atoms with Gasteiger partial charge in [0, 0.05) is 42.9 Å². The second-order valence-electron chi connectivity index (χ2n) is 11.2. The van der Waals surface area contributed by atoms with Crippen molar-refractivity contribution in [3.8, 4) is 12.3 Å². The Balaban J connectivity index is 1.83. The summed E-state index contributed by atoms with van der Waals surface area (Å²) in [7, 11) is 0. The van der Waals surface area contributed by atoms with Gasteiger partial charge in [0.15, 0.2) is 0 Å². The fourth-order valence-corrected chi connectivity index (χ4v) is 5.22. The molecule has 3 aromatic carbocycles. The first-order valence-electron chi connectivity index (χ1n) is 15.8. The van der Waals surface area contributed by atoms with E-state index in [0.717, 1.165) is 30.4 Å². The number of aliphatic hydroxyl groups is 1. The molecule has 2 atom stereocenters. The molecule has 0 aromatic heterocycles. The van der Waals surface area contributed by atoms with E-state index in [4.69, 9.17) is 6.42 Å². The fourth-order valence-electron chi connectivity index (χ4n) is 5.22. The Kier molecular flexibility index (Phi) is 14.3. The van der Waals surface area contributed by atoms with Crippen molar-refractivity contribution in [1.29, 1.82) is 0 Å². The Labute approximate surface area is 267 Å². The van der Waals surface area contributed by atoms with Crippen molar-refractivity contribution >= 4 is 17.7 Å². The number of hydrogen-bond acceptors (Lipinski definition) is 5. The normalized spacial score (nSPS) is 12.2. The van der Waals surface area contributed by atoms with Crippen LogP contribution in [0.25, 0.3) is 0 Å². The van der Waals surface area contributed by atoms with E-state index in [9.17, 15) is 19.5 Å². The number of benzene rings is 3. The van der Waals surface area contributed by atoms with Crippen LogP contribution in [0.3, 0.4) is 0 Å². The molecule has 0 spiro atoms. The predicted octanol–water partition coefficient (Wildman–Crippen LogP) is 4.62. The Morgan fingerprint density at radius 2 is 1.40 bits per heavy atom. The van der Waals surface area contributed by atoms with Gasteiger partial charge in [-0.2, -0.15) is 0 Å². The van der Waals surface area contributed by atoms with Gasteiger partial charge < -0.3 is 15.3 Å². The molecule has 0 saturated carbocycles. The average Bonchev–Trinajstić information content (AvgIpc) is 3.04. The third-order valence-electron chi connectivity index (χ3n) is 7.35. The van der Waals surface area contributed by atoms with Crippen molar-refractivity contribution in [3.63, 3.8) is 0 Å². The Hall–Kier alpha value is -4.45. The first-order valence-corrected chi connectivity index (χ1v) is 15.8. The zero-order chi connectivity index (χ0) is 32.6. The van der Waals surface area contributed by atoms with Gasteiger partial charge in [0.25, 0.3) is 11.8 Å². The maximum atomic E-state index is 13.7. The summed E-state index contributed by atoms with van der Waals surface area (Å²) >= 11 is 0. The second kappa shape index (κ2) is 18.4. The van der Waals surface area contributed by atoms with E-state index in [-0.39, 0.29) is 30.3 Å². The average molecular weight is 611 g/mol. The summed E-state index contributed by atoms with van der Waals surface area (Å²) in [4.78, 5) is 41.7. The number of aliphatic hydroxyl groups excluding tert-OH is 1. The highest BCUT2D eigenvalue weighted by molar-refractivity contribution is 6.00. The van der Waals surface area contributed by atoms with Gasteiger partial charge in [0.05, 0.1) is 18.6 Å². The smallest absolute Gasteiger partial charge is 0.253 e. The molecular formula is C37H46N4O4. The molecule has 8 heteroatoms. The van der Waals surface area contributed by atoms with Crippen LogP contribution < -0.4 is 10.7 Å². The van der Waals surface area contributed by atoms with Gasteiger partial charge >= 0.3 is 0 Å². The molecular weight excluding hydrogens is 564 g/mol. The lowest BCUT2D eigenvalue weighted by Crippen LogP contribution is -2.53. The molecule has 0 aliphatic heterocycles. The van der Waals surface area contributed by atoms with Crippen LogP contribution in [-0.4, -0.2) is 71.1 Å². The Bertz CT molecular complexity index is 1420. The van der Waals surface area contributed by atoms with Crippen LogP contribution in [0, 0.1) is 12.3 Å². The Morgan fingerprint density at radius 3 is 1.98 bits per heavy atom. The molecule has 3 rings (SSSR count). The first kappa shape index (κ1) is 35.0. The summed E-state index contributed by atoms with van der Waals surface area (Å²) in [5.74, 6) is 1.75. The SMILES string of the molecule is C#Cc1cc(C(=O)NC(Cc2ccccc2)C(O)CN(CCC)NC(=O)Cc2ccccc2)cc(C(=O)N(CCC)CCC)c1. The molecule has 0 aliphatic rings. The molecule has 0 saturated heterocycles. The molecule has 0 aliphatic carbocycles. The van der Waals surface area contributed by atoms with Crippen molar-refractivity contribution in [2.45, 2.75) is 65.0 Å².